The van der Waals surface area contributed by atoms with E-state index < -0.39 is 35.8 Å². The molecular formula is C21H18F2N2O6. The minimum Gasteiger partial charge on any atom is -0.493 e. The summed E-state index contributed by atoms with van der Waals surface area (Å²) in [6.45, 7) is 0. The van der Waals surface area contributed by atoms with Crippen LogP contribution >= 0.6 is 0 Å². The summed E-state index contributed by atoms with van der Waals surface area (Å²) in [7, 11) is 2.79. The number of amides is 2. The minimum atomic E-state index is -1.13. The van der Waals surface area contributed by atoms with Crippen LogP contribution < -0.4 is 14.8 Å². The van der Waals surface area contributed by atoms with Gasteiger partial charge in [-0.1, -0.05) is 0 Å². The molecule has 1 N–H and O–H groups in total. The zero-order valence-corrected chi connectivity index (χ0v) is 16.6. The molecule has 2 aromatic carbocycles. The number of anilines is 1. The van der Waals surface area contributed by atoms with Crippen LogP contribution in [0, 0.1) is 11.6 Å². The molecule has 2 heterocycles. The third-order valence-electron chi connectivity index (χ3n) is 5.26. The van der Waals surface area contributed by atoms with Crippen LogP contribution in [0.15, 0.2) is 30.3 Å². The fourth-order valence-corrected chi connectivity index (χ4v) is 3.84. The molecule has 162 valence electrons. The van der Waals surface area contributed by atoms with E-state index in [0.717, 1.165) is 12.1 Å². The van der Waals surface area contributed by atoms with E-state index >= 15 is 0 Å². The second kappa shape index (κ2) is 7.86. The highest BCUT2D eigenvalue weighted by Crippen LogP contribution is 2.45. The SMILES string of the molecule is COc1ccc2c(c1OC)C(=O)O[C@@H]2N1C(=O)CC[C@H]1C(=O)Nc1ccc(F)c(F)c1. The molecule has 31 heavy (non-hydrogen) atoms. The normalized spacial score (nSPS) is 19.8. The van der Waals surface area contributed by atoms with E-state index in [4.69, 9.17) is 14.2 Å². The van der Waals surface area contributed by atoms with Gasteiger partial charge in [0.1, 0.15) is 11.6 Å². The highest BCUT2D eigenvalue weighted by molar-refractivity contribution is 6.01. The van der Waals surface area contributed by atoms with Gasteiger partial charge in [0.2, 0.25) is 18.0 Å². The van der Waals surface area contributed by atoms with Crippen molar-refractivity contribution in [3.8, 4) is 11.5 Å². The monoisotopic (exact) mass is 432 g/mol. The predicted molar refractivity (Wildman–Crippen MR) is 103 cm³/mol. The first-order chi connectivity index (χ1) is 14.8. The van der Waals surface area contributed by atoms with Crippen molar-refractivity contribution in [1.82, 2.24) is 4.90 Å². The molecule has 0 aliphatic carbocycles. The number of rotatable bonds is 5. The maximum absolute atomic E-state index is 13.5. The summed E-state index contributed by atoms with van der Waals surface area (Å²) >= 11 is 0. The van der Waals surface area contributed by atoms with Crippen LogP contribution in [0.25, 0.3) is 0 Å². The molecule has 2 amide bonds. The Labute approximate surface area is 175 Å². The topological polar surface area (TPSA) is 94.2 Å². The van der Waals surface area contributed by atoms with E-state index in [1.54, 1.807) is 12.1 Å². The molecule has 8 nitrogen and oxygen atoms in total. The van der Waals surface area contributed by atoms with Crippen LogP contribution in [-0.4, -0.2) is 42.9 Å². The predicted octanol–water partition coefficient (Wildman–Crippen LogP) is 2.78. The van der Waals surface area contributed by atoms with Gasteiger partial charge in [0.15, 0.2) is 23.1 Å². The Morgan fingerprint density at radius 3 is 2.58 bits per heavy atom. The summed E-state index contributed by atoms with van der Waals surface area (Å²) in [4.78, 5) is 39.2. The van der Waals surface area contributed by atoms with Crippen molar-refractivity contribution in [2.24, 2.45) is 0 Å². The number of halogens is 2. The second-order valence-electron chi connectivity index (χ2n) is 7.00. The first-order valence-corrected chi connectivity index (χ1v) is 9.38. The van der Waals surface area contributed by atoms with Crippen molar-refractivity contribution < 1.29 is 37.4 Å². The summed E-state index contributed by atoms with van der Waals surface area (Å²) < 4.78 is 42.5. The van der Waals surface area contributed by atoms with Gasteiger partial charge in [-0.15, -0.1) is 0 Å². The van der Waals surface area contributed by atoms with Gasteiger partial charge < -0.3 is 19.5 Å². The van der Waals surface area contributed by atoms with Gasteiger partial charge in [-0.25, -0.2) is 13.6 Å². The Morgan fingerprint density at radius 1 is 1.13 bits per heavy atom. The summed E-state index contributed by atoms with van der Waals surface area (Å²) in [5.41, 5.74) is 0.522. The molecule has 0 unspecified atom stereocenters. The lowest BCUT2D eigenvalue weighted by Gasteiger charge is -2.29. The molecule has 0 radical (unpaired) electrons. The molecule has 1 fully saturated rings. The van der Waals surface area contributed by atoms with Crippen LogP contribution in [0.2, 0.25) is 0 Å². The Morgan fingerprint density at radius 2 is 1.90 bits per heavy atom. The largest absolute Gasteiger partial charge is 0.493 e. The molecular weight excluding hydrogens is 414 g/mol. The Hall–Kier alpha value is -3.69. The van der Waals surface area contributed by atoms with E-state index in [2.05, 4.69) is 5.32 Å². The van der Waals surface area contributed by atoms with Crippen molar-refractivity contribution >= 4 is 23.5 Å². The minimum absolute atomic E-state index is 0.0402. The van der Waals surface area contributed by atoms with Crippen LogP contribution in [-0.2, 0) is 14.3 Å². The molecule has 0 bridgehead atoms. The maximum atomic E-state index is 13.5. The number of benzene rings is 2. The number of carbonyl (C=O) groups is 3. The maximum Gasteiger partial charge on any atom is 0.344 e. The van der Waals surface area contributed by atoms with E-state index in [1.165, 1.54) is 25.2 Å². The molecule has 10 heteroatoms. The molecule has 0 saturated carbocycles. The number of hydrogen-bond acceptors (Lipinski definition) is 6. The van der Waals surface area contributed by atoms with E-state index in [0.29, 0.717) is 11.3 Å². The number of fused-ring (bicyclic) bond motifs is 1. The van der Waals surface area contributed by atoms with Crippen LogP contribution in [0.1, 0.15) is 35.0 Å². The number of ether oxygens (including phenoxy) is 3. The molecule has 2 aliphatic heterocycles. The summed E-state index contributed by atoms with van der Waals surface area (Å²) in [5.74, 6) is -3.38. The van der Waals surface area contributed by atoms with Crippen LogP contribution in [0.3, 0.4) is 0 Å². The average molecular weight is 432 g/mol. The van der Waals surface area contributed by atoms with Gasteiger partial charge in [-0.05, 0) is 30.7 Å². The molecule has 0 spiro atoms. The van der Waals surface area contributed by atoms with Gasteiger partial charge >= 0.3 is 5.97 Å². The Kier molecular flexibility index (Phi) is 5.22. The number of methoxy groups -OCH3 is 2. The summed E-state index contributed by atoms with van der Waals surface area (Å²) in [5, 5.41) is 2.48. The number of cyclic esters (lactones) is 1. The van der Waals surface area contributed by atoms with E-state index in [9.17, 15) is 23.2 Å². The molecule has 1 saturated heterocycles. The van der Waals surface area contributed by atoms with Crippen LogP contribution in [0.5, 0.6) is 11.5 Å². The van der Waals surface area contributed by atoms with Gasteiger partial charge in [0.25, 0.3) is 0 Å². The van der Waals surface area contributed by atoms with Gasteiger partial charge in [0.05, 0.1) is 14.2 Å². The van der Waals surface area contributed by atoms with E-state index in [1.807, 2.05) is 0 Å². The summed E-state index contributed by atoms with van der Waals surface area (Å²) in [6, 6.07) is 5.11. The quantitative estimate of drug-likeness (QED) is 0.731. The first-order valence-electron chi connectivity index (χ1n) is 9.38. The fraction of sp³-hybridized carbons (Fsp3) is 0.286. The standard InChI is InChI=1S/C21H18F2N2O6/c1-29-15-7-4-11-17(18(15)30-2)21(28)31-20(11)25-14(6-8-16(25)26)19(27)24-10-3-5-12(22)13(23)9-10/h3-5,7,9,14,20H,6,8H2,1-2H3,(H,24,27)/t14-,20-/m0/s1. The molecule has 2 aliphatic rings. The molecule has 0 aromatic heterocycles. The number of nitrogens with one attached hydrogen (secondary N) is 1. The lowest BCUT2D eigenvalue weighted by atomic mass is 10.1. The van der Waals surface area contributed by atoms with Crippen molar-refractivity contribution in [2.75, 3.05) is 19.5 Å². The van der Waals surface area contributed by atoms with Crippen molar-refractivity contribution in [2.45, 2.75) is 25.1 Å². The number of hydrogen-bond donors (Lipinski definition) is 1. The van der Waals surface area contributed by atoms with Gasteiger partial charge in [-0.2, -0.15) is 0 Å². The first kappa shape index (κ1) is 20.6. The Bertz CT molecular complexity index is 1090. The van der Waals surface area contributed by atoms with E-state index in [-0.39, 0.29) is 35.7 Å². The zero-order chi connectivity index (χ0) is 22.3. The molecule has 2 atom stereocenters. The highest BCUT2D eigenvalue weighted by atomic mass is 19.2. The van der Waals surface area contributed by atoms with Crippen molar-refractivity contribution in [1.29, 1.82) is 0 Å². The number of esters is 1. The van der Waals surface area contributed by atoms with Crippen molar-refractivity contribution in [3.63, 3.8) is 0 Å². The Balaban J connectivity index is 1.64. The third-order valence-corrected chi connectivity index (χ3v) is 5.26. The van der Waals surface area contributed by atoms with Gasteiger partial charge in [-0.3, -0.25) is 14.5 Å². The van der Waals surface area contributed by atoms with Crippen molar-refractivity contribution in [3.05, 3.63) is 53.1 Å². The lowest BCUT2D eigenvalue weighted by molar-refractivity contribution is -0.144. The number of nitrogens with zero attached hydrogens (tertiary/aromatic N) is 1. The zero-order valence-electron chi connectivity index (χ0n) is 16.6. The smallest absolute Gasteiger partial charge is 0.344 e. The summed E-state index contributed by atoms with van der Waals surface area (Å²) in [6.07, 6.45) is -0.893. The van der Waals surface area contributed by atoms with Gasteiger partial charge in [0, 0.05) is 23.7 Å². The molecule has 2 aromatic rings. The lowest BCUT2D eigenvalue weighted by Crippen LogP contribution is -2.43. The average Bonchev–Trinajstić information content (AvgIpc) is 3.29. The number of carbonyl (C=O) groups excluding carboxylic acids is 3. The second-order valence-corrected chi connectivity index (χ2v) is 7.00. The third kappa shape index (κ3) is 3.43. The fourth-order valence-electron chi connectivity index (χ4n) is 3.84. The molecule has 4 rings (SSSR count). The highest BCUT2D eigenvalue weighted by Gasteiger charge is 2.47. The number of likely N-dealkylation sites (tertiary alicyclic amines) is 1. The van der Waals surface area contributed by atoms with Crippen LogP contribution in [0.4, 0.5) is 14.5 Å².